The van der Waals surface area contributed by atoms with Gasteiger partial charge in [0.25, 0.3) is 0 Å². The second-order valence-corrected chi connectivity index (χ2v) is 5.50. The highest BCUT2D eigenvalue weighted by Crippen LogP contribution is 2.26. The number of amides is 1. The summed E-state index contributed by atoms with van der Waals surface area (Å²) in [6.07, 6.45) is 4.04. The van der Waals surface area contributed by atoms with E-state index < -0.39 is 0 Å². The molecule has 2 N–H and O–H groups in total. The molecule has 18 heavy (non-hydrogen) atoms. The summed E-state index contributed by atoms with van der Waals surface area (Å²) < 4.78 is 0. The molecular formula is C14H20N2OS. The van der Waals surface area contributed by atoms with Crippen LogP contribution in [0.2, 0.25) is 0 Å². The molecule has 98 valence electrons. The van der Waals surface area contributed by atoms with Crippen molar-refractivity contribution in [2.45, 2.75) is 24.1 Å². The van der Waals surface area contributed by atoms with E-state index in [1.54, 1.807) is 11.8 Å². The van der Waals surface area contributed by atoms with Crippen LogP contribution in [0.1, 0.15) is 23.7 Å². The molecule has 0 saturated carbocycles. The number of piperidine rings is 1. The quantitative estimate of drug-likeness (QED) is 0.873. The van der Waals surface area contributed by atoms with E-state index in [9.17, 15) is 4.79 Å². The lowest BCUT2D eigenvalue weighted by molar-refractivity contribution is -0.121. The molecule has 1 heterocycles. The zero-order valence-corrected chi connectivity index (χ0v) is 11.5. The molecule has 0 aliphatic carbocycles. The molecule has 1 aromatic rings. The van der Waals surface area contributed by atoms with Gasteiger partial charge in [-0.2, -0.15) is 0 Å². The van der Waals surface area contributed by atoms with Crippen LogP contribution >= 0.6 is 11.8 Å². The number of benzene rings is 1. The lowest BCUT2D eigenvalue weighted by atomic mass is 10.1. The van der Waals surface area contributed by atoms with Gasteiger partial charge >= 0.3 is 0 Å². The molecular weight excluding hydrogens is 244 g/mol. The van der Waals surface area contributed by atoms with E-state index in [1.165, 1.54) is 0 Å². The molecule has 1 aromatic carbocycles. The molecule has 1 fully saturated rings. The van der Waals surface area contributed by atoms with Crippen LogP contribution in [-0.2, 0) is 4.79 Å². The predicted octanol–water partition coefficient (Wildman–Crippen LogP) is 1.96. The van der Waals surface area contributed by atoms with Crippen LogP contribution in [0.4, 0.5) is 0 Å². The van der Waals surface area contributed by atoms with E-state index in [2.05, 4.69) is 10.6 Å². The Morgan fingerprint density at radius 1 is 1.33 bits per heavy atom. The zero-order valence-electron chi connectivity index (χ0n) is 10.7. The number of nitrogens with one attached hydrogen (secondary N) is 2. The first-order valence-electron chi connectivity index (χ1n) is 6.40. The van der Waals surface area contributed by atoms with Crippen molar-refractivity contribution in [1.29, 1.82) is 0 Å². The third-order valence-corrected chi connectivity index (χ3v) is 4.22. The van der Waals surface area contributed by atoms with Crippen LogP contribution in [-0.4, -0.2) is 31.3 Å². The maximum absolute atomic E-state index is 12.3. The summed E-state index contributed by atoms with van der Waals surface area (Å²) in [5, 5.41) is 6.38. The third kappa shape index (κ3) is 3.50. The Balaban J connectivity index is 1.97. The van der Waals surface area contributed by atoms with Gasteiger partial charge in [-0.25, -0.2) is 0 Å². The van der Waals surface area contributed by atoms with Crippen molar-refractivity contribution in [2.75, 3.05) is 19.3 Å². The summed E-state index contributed by atoms with van der Waals surface area (Å²) in [5.41, 5.74) is 1.08. The lowest BCUT2D eigenvalue weighted by Gasteiger charge is -2.25. The summed E-state index contributed by atoms with van der Waals surface area (Å²) in [7, 11) is 0. The fraction of sp³-hybridized carbons (Fsp3) is 0.500. The number of hydrogen-bond acceptors (Lipinski definition) is 3. The van der Waals surface area contributed by atoms with Gasteiger partial charge in [-0.3, -0.25) is 4.79 Å². The van der Waals surface area contributed by atoms with Crippen molar-refractivity contribution in [1.82, 2.24) is 10.6 Å². The molecule has 2 rings (SSSR count). The van der Waals surface area contributed by atoms with Gasteiger partial charge in [0.15, 0.2) is 0 Å². The topological polar surface area (TPSA) is 41.1 Å². The largest absolute Gasteiger partial charge is 0.352 e. The van der Waals surface area contributed by atoms with Crippen LogP contribution in [0.5, 0.6) is 0 Å². The summed E-state index contributed by atoms with van der Waals surface area (Å²) >= 11 is 1.59. The first-order chi connectivity index (χ1) is 8.81. The maximum Gasteiger partial charge on any atom is 0.237 e. The molecule has 4 heteroatoms. The van der Waals surface area contributed by atoms with Gasteiger partial charge < -0.3 is 10.6 Å². The van der Waals surface area contributed by atoms with Gasteiger partial charge in [0.1, 0.15) is 5.25 Å². The normalized spacial score (nSPS) is 18.3. The first kappa shape index (κ1) is 13.4. The fourth-order valence-corrected chi connectivity index (χ4v) is 2.98. The van der Waals surface area contributed by atoms with E-state index >= 15 is 0 Å². The SMILES string of the molecule is CSC(C(=O)NC1CCNCC1)c1ccccc1. The second-order valence-electron chi connectivity index (χ2n) is 4.56. The first-order valence-corrected chi connectivity index (χ1v) is 7.69. The van der Waals surface area contributed by atoms with Crippen molar-refractivity contribution in [2.24, 2.45) is 0 Å². The van der Waals surface area contributed by atoms with Gasteiger partial charge in [-0.15, -0.1) is 11.8 Å². The van der Waals surface area contributed by atoms with Gasteiger partial charge in [0, 0.05) is 6.04 Å². The summed E-state index contributed by atoms with van der Waals surface area (Å²) in [6, 6.07) is 10.3. The van der Waals surface area contributed by atoms with E-state index in [1.807, 2.05) is 36.6 Å². The van der Waals surface area contributed by atoms with Crippen LogP contribution in [0.15, 0.2) is 30.3 Å². The Morgan fingerprint density at radius 2 is 2.00 bits per heavy atom. The van der Waals surface area contributed by atoms with Crippen molar-refractivity contribution in [3.63, 3.8) is 0 Å². The van der Waals surface area contributed by atoms with E-state index in [0.29, 0.717) is 6.04 Å². The molecule has 0 bridgehead atoms. The third-order valence-electron chi connectivity index (χ3n) is 3.26. The second kappa shape index (κ2) is 6.81. The van der Waals surface area contributed by atoms with Crippen LogP contribution in [0, 0.1) is 0 Å². The number of carbonyl (C=O) groups is 1. The summed E-state index contributed by atoms with van der Waals surface area (Å²) in [5.74, 6) is 0.139. The smallest absolute Gasteiger partial charge is 0.237 e. The monoisotopic (exact) mass is 264 g/mol. The van der Waals surface area contributed by atoms with Crippen molar-refractivity contribution < 1.29 is 4.79 Å². The Hall–Kier alpha value is -1.00. The van der Waals surface area contributed by atoms with E-state index in [0.717, 1.165) is 31.5 Å². The highest BCUT2D eigenvalue weighted by atomic mass is 32.2. The van der Waals surface area contributed by atoms with Crippen molar-refractivity contribution in [3.05, 3.63) is 35.9 Å². The Bertz CT molecular complexity index is 377. The molecule has 1 atom stereocenters. The number of hydrogen-bond donors (Lipinski definition) is 2. The number of rotatable bonds is 4. The molecule has 1 saturated heterocycles. The van der Waals surface area contributed by atoms with E-state index in [-0.39, 0.29) is 11.2 Å². The average Bonchev–Trinajstić information content (AvgIpc) is 2.42. The highest BCUT2D eigenvalue weighted by Gasteiger charge is 2.22. The standard InChI is InChI=1S/C14H20N2OS/c1-18-13(11-5-3-2-4-6-11)14(17)16-12-7-9-15-10-8-12/h2-6,12-13,15H,7-10H2,1H3,(H,16,17). The minimum Gasteiger partial charge on any atom is -0.352 e. The molecule has 1 unspecified atom stereocenters. The van der Waals surface area contributed by atoms with Gasteiger partial charge in [-0.1, -0.05) is 30.3 Å². The lowest BCUT2D eigenvalue weighted by Crippen LogP contribution is -2.44. The van der Waals surface area contributed by atoms with Crippen LogP contribution < -0.4 is 10.6 Å². The number of thioether (sulfide) groups is 1. The minimum absolute atomic E-state index is 0.0962. The van der Waals surface area contributed by atoms with Crippen molar-refractivity contribution in [3.8, 4) is 0 Å². The molecule has 1 amide bonds. The Morgan fingerprint density at radius 3 is 2.61 bits per heavy atom. The predicted molar refractivity (Wildman–Crippen MR) is 76.7 cm³/mol. The minimum atomic E-state index is -0.0962. The summed E-state index contributed by atoms with van der Waals surface area (Å²) in [6.45, 7) is 2.00. The van der Waals surface area contributed by atoms with Gasteiger partial charge in [0.05, 0.1) is 0 Å². The Labute approximate surface area is 113 Å². The molecule has 0 spiro atoms. The molecule has 1 aliphatic heterocycles. The van der Waals surface area contributed by atoms with Gasteiger partial charge in [-0.05, 0) is 37.8 Å². The summed E-state index contributed by atoms with van der Waals surface area (Å²) in [4.78, 5) is 12.3. The zero-order chi connectivity index (χ0) is 12.8. The highest BCUT2D eigenvalue weighted by molar-refractivity contribution is 7.99. The number of carbonyl (C=O) groups excluding carboxylic acids is 1. The van der Waals surface area contributed by atoms with Gasteiger partial charge in [0.2, 0.25) is 5.91 Å². The Kier molecular flexibility index (Phi) is 5.08. The molecule has 1 aliphatic rings. The molecule has 0 radical (unpaired) electrons. The average molecular weight is 264 g/mol. The van der Waals surface area contributed by atoms with E-state index in [4.69, 9.17) is 0 Å². The molecule has 0 aromatic heterocycles. The van der Waals surface area contributed by atoms with Crippen LogP contribution in [0.25, 0.3) is 0 Å². The molecule has 3 nitrogen and oxygen atoms in total. The van der Waals surface area contributed by atoms with Crippen LogP contribution in [0.3, 0.4) is 0 Å². The fourth-order valence-electron chi connectivity index (χ4n) is 2.27. The maximum atomic E-state index is 12.3. The van der Waals surface area contributed by atoms with Crippen molar-refractivity contribution >= 4 is 17.7 Å².